The van der Waals surface area contributed by atoms with Crippen molar-refractivity contribution < 1.29 is 22.0 Å². The molecule has 10 heteroatoms. The van der Waals surface area contributed by atoms with Gasteiger partial charge in [-0.3, -0.25) is 4.79 Å². The molecule has 1 aliphatic carbocycles. The van der Waals surface area contributed by atoms with Crippen LogP contribution in [0.2, 0.25) is 0 Å². The average Bonchev–Trinajstić information content (AvgIpc) is 2.90. The minimum absolute atomic E-state index is 0. The Morgan fingerprint density at radius 1 is 1.20 bits per heavy atom. The fraction of sp³-hybridized carbons (Fsp3) is 0.667. The lowest BCUT2D eigenvalue weighted by Crippen LogP contribution is -2.37. The Morgan fingerprint density at radius 2 is 1.84 bits per heavy atom. The van der Waals surface area contributed by atoms with Gasteiger partial charge in [-0.1, -0.05) is 25.7 Å². The summed E-state index contributed by atoms with van der Waals surface area (Å²) in [5.41, 5.74) is 0. The Balaban J connectivity index is 0.00000312. The summed E-state index contributed by atoms with van der Waals surface area (Å²) in [6.45, 7) is 0.889. The van der Waals surface area contributed by atoms with E-state index in [0.29, 0.717) is 19.1 Å². The van der Waals surface area contributed by atoms with Crippen molar-refractivity contribution in [1.82, 2.24) is 10.6 Å². The van der Waals surface area contributed by atoms with Gasteiger partial charge in [-0.15, -0.1) is 23.7 Å². The van der Waals surface area contributed by atoms with E-state index < -0.39 is 26.4 Å². The van der Waals surface area contributed by atoms with E-state index >= 15 is 0 Å². The van der Waals surface area contributed by atoms with Crippen molar-refractivity contribution >= 4 is 39.5 Å². The standard InChI is InChI=1S/C15H22F2N2O3S2.ClH/c16-15(17)24(21,22)12-7-10-23-13(12)14(20)19-9-8-18-11-5-3-1-2-4-6-11;/h7,10-11,15,18H,1-6,8-9H2,(H,19,20);1H. The lowest BCUT2D eigenvalue weighted by molar-refractivity contribution is 0.0954. The van der Waals surface area contributed by atoms with Crippen LogP contribution in [-0.4, -0.2) is 39.2 Å². The van der Waals surface area contributed by atoms with Crippen molar-refractivity contribution in [3.05, 3.63) is 16.3 Å². The molecule has 0 radical (unpaired) electrons. The van der Waals surface area contributed by atoms with E-state index in [2.05, 4.69) is 10.6 Å². The molecule has 0 aromatic carbocycles. The first-order chi connectivity index (χ1) is 11.4. The van der Waals surface area contributed by atoms with Gasteiger partial charge in [-0.2, -0.15) is 8.78 Å². The molecule has 2 N–H and O–H groups in total. The van der Waals surface area contributed by atoms with Gasteiger partial charge < -0.3 is 10.6 Å². The number of thiophene rings is 1. The van der Waals surface area contributed by atoms with Crippen molar-refractivity contribution in [2.24, 2.45) is 0 Å². The molecule has 0 unspecified atom stereocenters. The predicted molar refractivity (Wildman–Crippen MR) is 96.6 cm³/mol. The Morgan fingerprint density at radius 3 is 2.44 bits per heavy atom. The molecular formula is C15H23ClF2N2O3S2. The topological polar surface area (TPSA) is 75.3 Å². The number of sulfone groups is 1. The number of nitrogens with one attached hydrogen (secondary N) is 2. The highest BCUT2D eigenvalue weighted by Crippen LogP contribution is 2.26. The van der Waals surface area contributed by atoms with E-state index in [1.165, 1.54) is 31.1 Å². The molecule has 5 nitrogen and oxygen atoms in total. The van der Waals surface area contributed by atoms with Crippen LogP contribution in [0.25, 0.3) is 0 Å². The van der Waals surface area contributed by atoms with Gasteiger partial charge in [-0.05, 0) is 24.3 Å². The maximum atomic E-state index is 12.6. The number of halogens is 3. The summed E-state index contributed by atoms with van der Waals surface area (Å²) >= 11 is 0.846. The molecule has 1 fully saturated rings. The second-order valence-electron chi connectivity index (χ2n) is 5.82. The molecule has 2 rings (SSSR count). The second-order valence-corrected chi connectivity index (χ2v) is 8.62. The van der Waals surface area contributed by atoms with Crippen molar-refractivity contribution in [3.8, 4) is 0 Å². The van der Waals surface area contributed by atoms with Gasteiger partial charge in [0, 0.05) is 19.1 Å². The molecule has 0 spiro atoms. The Labute approximate surface area is 156 Å². The molecule has 0 saturated heterocycles. The number of amides is 1. The maximum Gasteiger partial charge on any atom is 0.341 e. The van der Waals surface area contributed by atoms with Crippen LogP contribution >= 0.6 is 23.7 Å². The van der Waals surface area contributed by atoms with Crippen molar-refractivity contribution in [1.29, 1.82) is 0 Å². The summed E-state index contributed by atoms with van der Waals surface area (Å²) in [6.07, 6.45) is 7.16. The zero-order valence-corrected chi connectivity index (χ0v) is 16.1. The first-order valence-electron chi connectivity index (χ1n) is 8.04. The zero-order valence-electron chi connectivity index (χ0n) is 13.7. The number of hydrogen-bond donors (Lipinski definition) is 2. The summed E-state index contributed by atoms with van der Waals surface area (Å²) < 4.78 is 48.4. The molecule has 144 valence electrons. The molecule has 25 heavy (non-hydrogen) atoms. The molecule has 1 amide bonds. The first kappa shape index (κ1) is 22.3. The van der Waals surface area contributed by atoms with Crippen LogP contribution in [0.5, 0.6) is 0 Å². The smallest absolute Gasteiger partial charge is 0.341 e. The molecule has 0 aliphatic heterocycles. The summed E-state index contributed by atoms with van der Waals surface area (Å²) in [5.74, 6) is -4.16. The normalized spacial score (nSPS) is 16.3. The number of alkyl halides is 2. The average molecular weight is 417 g/mol. The zero-order chi connectivity index (χ0) is 17.6. The van der Waals surface area contributed by atoms with Crippen LogP contribution in [0.15, 0.2) is 16.3 Å². The fourth-order valence-electron chi connectivity index (χ4n) is 2.80. The SMILES string of the molecule is Cl.O=C(NCCNC1CCCCCC1)c1sccc1S(=O)(=O)C(F)F. The van der Waals surface area contributed by atoms with Gasteiger partial charge in [0.2, 0.25) is 9.84 Å². The molecule has 1 aromatic heterocycles. The van der Waals surface area contributed by atoms with E-state index in [0.717, 1.165) is 30.2 Å². The number of carbonyl (C=O) groups is 1. The summed E-state index contributed by atoms with van der Waals surface area (Å²) in [4.78, 5) is 11.3. The van der Waals surface area contributed by atoms with E-state index in [9.17, 15) is 22.0 Å². The lowest BCUT2D eigenvalue weighted by Gasteiger charge is -2.16. The van der Waals surface area contributed by atoms with Crippen molar-refractivity contribution in [2.75, 3.05) is 13.1 Å². The van der Waals surface area contributed by atoms with E-state index in [1.807, 2.05) is 0 Å². The summed E-state index contributed by atoms with van der Waals surface area (Å²) in [6, 6.07) is 1.49. The maximum absolute atomic E-state index is 12.6. The highest BCUT2D eigenvalue weighted by Gasteiger charge is 2.32. The van der Waals surface area contributed by atoms with Gasteiger partial charge in [-0.25, -0.2) is 8.42 Å². The Kier molecular flexibility index (Phi) is 9.26. The van der Waals surface area contributed by atoms with Crippen LogP contribution < -0.4 is 10.6 Å². The predicted octanol–water partition coefficient (Wildman–Crippen LogP) is 3.21. The highest BCUT2D eigenvalue weighted by atomic mass is 35.5. The Hall–Kier alpha value is -0.770. The quantitative estimate of drug-likeness (QED) is 0.528. The van der Waals surface area contributed by atoms with Crippen LogP contribution in [0.1, 0.15) is 48.2 Å². The first-order valence-corrected chi connectivity index (χ1v) is 10.5. The summed E-state index contributed by atoms with van der Waals surface area (Å²) in [7, 11) is -4.76. The largest absolute Gasteiger partial charge is 0.350 e. The van der Waals surface area contributed by atoms with E-state index in [-0.39, 0.29) is 17.3 Å². The van der Waals surface area contributed by atoms with Crippen LogP contribution in [0.3, 0.4) is 0 Å². The molecular weight excluding hydrogens is 394 g/mol. The van der Waals surface area contributed by atoms with E-state index in [4.69, 9.17) is 0 Å². The highest BCUT2D eigenvalue weighted by molar-refractivity contribution is 7.92. The third-order valence-corrected chi connectivity index (χ3v) is 6.54. The number of carbonyl (C=O) groups excluding carboxylic acids is 1. The molecule has 1 saturated carbocycles. The number of hydrogen-bond acceptors (Lipinski definition) is 5. The molecule has 0 bridgehead atoms. The monoisotopic (exact) mass is 416 g/mol. The van der Waals surface area contributed by atoms with E-state index in [1.54, 1.807) is 0 Å². The molecule has 1 heterocycles. The van der Waals surface area contributed by atoms with Gasteiger partial charge in [0.05, 0.1) is 4.90 Å². The second kappa shape index (κ2) is 10.4. The minimum Gasteiger partial charge on any atom is -0.350 e. The third kappa shape index (κ3) is 6.16. The molecule has 1 aromatic rings. The molecule has 1 aliphatic rings. The van der Waals surface area contributed by atoms with Crippen LogP contribution in [-0.2, 0) is 9.84 Å². The minimum atomic E-state index is -4.76. The lowest BCUT2D eigenvalue weighted by atomic mass is 10.1. The van der Waals surface area contributed by atoms with Gasteiger partial charge in [0.25, 0.3) is 5.91 Å². The van der Waals surface area contributed by atoms with Gasteiger partial charge in [0.1, 0.15) is 4.88 Å². The van der Waals surface area contributed by atoms with Gasteiger partial charge in [0.15, 0.2) is 0 Å². The third-order valence-electron chi connectivity index (χ3n) is 4.08. The number of rotatable bonds is 7. The van der Waals surface area contributed by atoms with Crippen LogP contribution in [0, 0.1) is 0 Å². The molecule has 0 atom stereocenters. The van der Waals surface area contributed by atoms with Crippen LogP contribution in [0.4, 0.5) is 8.78 Å². The Bertz CT molecular complexity index is 645. The van der Waals surface area contributed by atoms with Crippen molar-refractivity contribution in [2.45, 2.75) is 55.2 Å². The van der Waals surface area contributed by atoms with Crippen molar-refractivity contribution in [3.63, 3.8) is 0 Å². The fourth-order valence-corrected chi connectivity index (χ4v) is 4.88. The van der Waals surface area contributed by atoms with Gasteiger partial charge >= 0.3 is 5.76 Å². The summed E-state index contributed by atoms with van der Waals surface area (Å²) in [5, 5.41) is 7.29.